The average Bonchev–Trinajstić information content (AvgIpc) is 2.41. The van der Waals surface area contributed by atoms with Crippen molar-refractivity contribution in [2.75, 3.05) is 6.54 Å². The minimum atomic E-state index is 0.214. The van der Waals surface area contributed by atoms with Crippen LogP contribution in [0, 0.1) is 27.7 Å². The average molecular weight is 302 g/mol. The molecule has 0 aliphatic rings. The van der Waals surface area contributed by atoms with Crippen molar-refractivity contribution >= 4 is 11.6 Å². The Bertz CT molecular complexity index is 646. The smallest absolute Gasteiger partial charge is 0.0581 e. The van der Waals surface area contributed by atoms with Gasteiger partial charge in [-0.1, -0.05) is 36.7 Å². The number of nitrogens with one attached hydrogen (secondary N) is 1. The molecule has 0 spiro atoms. The molecular weight excluding hydrogens is 278 g/mol. The zero-order chi connectivity index (χ0) is 15.6. The SMILES string of the molecule is CCNC(c1ccc(Cl)cc1C)c1cc(C)c(C)cc1C. The molecule has 0 bridgehead atoms. The Morgan fingerprint density at radius 2 is 1.48 bits per heavy atom. The van der Waals surface area contributed by atoms with E-state index in [2.05, 4.69) is 58.1 Å². The van der Waals surface area contributed by atoms with Gasteiger partial charge in [0.25, 0.3) is 0 Å². The quantitative estimate of drug-likeness (QED) is 0.811. The third kappa shape index (κ3) is 3.48. The molecule has 0 amide bonds. The monoisotopic (exact) mass is 301 g/mol. The van der Waals surface area contributed by atoms with E-state index >= 15 is 0 Å². The Labute approximate surface area is 133 Å². The highest BCUT2D eigenvalue weighted by molar-refractivity contribution is 6.30. The Kier molecular flexibility index (Phi) is 5.08. The fourth-order valence-electron chi connectivity index (χ4n) is 2.85. The van der Waals surface area contributed by atoms with Gasteiger partial charge in [0.1, 0.15) is 0 Å². The molecule has 0 aromatic heterocycles. The predicted molar refractivity (Wildman–Crippen MR) is 92.4 cm³/mol. The number of hydrogen-bond donors (Lipinski definition) is 1. The van der Waals surface area contributed by atoms with Crippen molar-refractivity contribution in [3.8, 4) is 0 Å². The number of benzene rings is 2. The van der Waals surface area contributed by atoms with Crippen LogP contribution < -0.4 is 5.32 Å². The summed E-state index contributed by atoms with van der Waals surface area (Å²) in [5.74, 6) is 0. The standard InChI is InChI=1S/C19H24ClN/c1-6-21-19(17-8-7-16(20)10-15(17)5)18-11-13(3)12(2)9-14(18)4/h7-11,19,21H,6H2,1-5H3. The third-order valence-electron chi connectivity index (χ3n) is 4.14. The van der Waals surface area contributed by atoms with Gasteiger partial charge in [0.2, 0.25) is 0 Å². The van der Waals surface area contributed by atoms with Gasteiger partial charge in [0.05, 0.1) is 6.04 Å². The van der Waals surface area contributed by atoms with Crippen LogP contribution in [0.3, 0.4) is 0 Å². The Morgan fingerprint density at radius 1 is 0.857 bits per heavy atom. The summed E-state index contributed by atoms with van der Waals surface area (Å²) >= 11 is 6.10. The highest BCUT2D eigenvalue weighted by Gasteiger charge is 2.18. The second-order valence-corrected chi connectivity index (χ2v) is 6.22. The van der Waals surface area contributed by atoms with Crippen molar-refractivity contribution in [1.82, 2.24) is 5.32 Å². The molecule has 0 aliphatic carbocycles. The van der Waals surface area contributed by atoms with Crippen LogP contribution in [-0.4, -0.2) is 6.54 Å². The largest absolute Gasteiger partial charge is 0.307 e. The molecule has 1 atom stereocenters. The van der Waals surface area contributed by atoms with E-state index in [1.165, 1.54) is 33.4 Å². The van der Waals surface area contributed by atoms with Crippen LogP contribution in [0.2, 0.25) is 5.02 Å². The van der Waals surface area contributed by atoms with E-state index in [1.807, 2.05) is 12.1 Å². The number of hydrogen-bond acceptors (Lipinski definition) is 1. The highest BCUT2D eigenvalue weighted by atomic mass is 35.5. The van der Waals surface area contributed by atoms with E-state index in [1.54, 1.807) is 0 Å². The normalized spacial score (nSPS) is 12.5. The van der Waals surface area contributed by atoms with Gasteiger partial charge >= 0.3 is 0 Å². The summed E-state index contributed by atoms with van der Waals surface area (Å²) in [5, 5.41) is 4.41. The molecule has 1 nitrogen and oxygen atoms in total. The molecule has 0 saturated carbocycles. The van der Waals surface area contributed by atoms with Crippen LogP contribution in [-0.2, 0) is 0 Å². The maximum atomic E-state index is 6.10. The predicted octanol–water partition coefficient (Wildman–Crippen LogP) is 5.27. The van der Waals surface area contributed by atoms with Gasteiger partial charge in [-0.2, -0.15) is 0 Å². The molecule has 2 aromatic rings. The molecule has 0 aliphatic heterocycles. The first-order valence-electron chi connectivity index (χ1n) is 7.51. The molecule has 0 radical (unpaired) electrons. The van der Waals surface area contributed by atoms with Gasteiger partial charge in [-0.15, -0.1) is 0 Å². The van der Waals surface area contributed by atoms with Crippen LogP contribution in [0.4, 0.5) is 0 Å². The van der Waals surface area contributed by atoms with Gasteiger partial charge < -0.3 is 5.32 Å². The van der Waals surface area contributed by atoms with Crippen LogP contribution in [0.25, 0.3) is 0 Å². The van der Waals surface area contributed by atoms with Crippen molar-refractivity contribution in [3.63, 3.8) is 0 Å². The van der Waals surface area contributed by atoms with E-state index < -0.39 is 0 Å². The third-order valence-corrected chi connectivity index (χ3v) is 4.38. The van der Waals surface area contributed by atoms with Crippen LogP contribution in [0.1, 0.15) is 46.3 Å². The molecule has 112 valence electrons. The van der Waals surface area contributed by atoms with Crippen LogP contribution >= 0.6 is 11.6 Å². The maximum Gasteiger partial charge on any atom is 0.0581 e. The Morgan fingerprint density at radius 3 is 2.10 bits per heavy atom. The van der Waals surface area contributed by atoms with Gasteiger partial charge in [-0.05, 0) is 79.8 Å². The van der Waals surface area contributed by atoms with Crippen LogP contribution in [0.15, 0.2) is 30.3 Å². The number of rotatable bonds is 4. The summed E-state index contributed by atoms with van der Waals surface area (Å²) in [6.45, 7) is 11.7. The van der Waals surface area contributed by atoms with E-state index in [0.717, 1.165) is 11.6 Å². The van der Waals surface area contributed by atoms with Crippen LogP contribution in [0.5, 0.6) is 0 Å². The Balaban J connectivity index is 2.55. The number of halogens is 1. The zero-order valence-corrected chi connectivity index (χ0v) is 14.3. The van der Waals surface area contributed by atoms with E-state index in [4.69, 9.17) is 11.6 Å². The van der Waals surface area contributed by atoms with Crippen molar-refractivity contribution in [1.29, 1.82) is 0 Å². The molecule has 1 N–H and O–H groups in total. The van der Waals surface area contributed by atoms with Gasteiger partial charge in [0, 0.05) is 5.02 Å². The molecule has 21 heavy (non-hydrogen) atoms. The second kappa shape index (κ2) is 6.64. The first-order valence-corrected chi connectivity index (χ1v) is 7.89. The first kappa shape index (κ1) is 16.1. The lowest BCUT2D eigenvalue weighted by atomic mass is 9.89. The fourth-order valence-corrected chi connectivity index (χ4v) is 3.08. The minimum Gasteiger partial charge on any atom is -0.307 e. The molecule has 0 saturated heterocycles. The van der Waals surface area contributed by atoms with E-state index in [0.29, 0.717) is 0 Å². The summed E-state index contributed by atoms with van der Waals surface area (Å²) in [4.78, 5) is 0. The zero-order valence-electron chi connectivity index (χ0n) is 13.5. The molecule has 0 heterocycles. The summed E-state index contributed by atoms with van der Waals surface area (Å²) < 4.78 is 0. The molecule has 2 rings (SSSR count). The summed E-state index contributed by atoms with van der Waals surface area (Å²) in [6, 6.07) is 11.0. The molecule has 2 heteroatoms. The summed E-state index contributed by atoms with van der Waals surface area (Å²) in [5.41, 5.74) is 7.90. The van der Waals surface area contributed by atoms with Gasteiger partial charge in [0.15, 0.2) is 0 Å². The molecular formula is C19H24ClN. The van der Waals surface area contributed by atoms with Gasteiger partial charge in [-0.3, -0.25) is 0 Å². The first-order chi connectivity index (χ1) is 9.93. The molecule has 2 aromatic carbocycles. The van der Waals surface area contributed by atoms with E-state index in [9.17, 15) is 0 Å². The van der Waals surface area contributed by atoms with E-state index in [-0.39, 0.29) is 6.04 Å². The lowest BCUT2D eigenvalue weighted by molar-refractivity contribution is 0.624. The second-order valence-electron chi connectivity index (χ2n) is 5.78. The van der Waals surface area contributed by atoms with Crippen molar-refractivity contribution < 1.29 is 0 Å². The maximum absolute atomic E-state index is 6.10. The molecule has 0 fully saturated rings. The number of aryl methyl sites for hydroxylation is 4. The lowest BCUT2D eigenvalue weighted by Gasteiger charge is -2.24. The van der Waals surface area contributed by atoms with Gasteiger partial charge in [-0.25, -0.2) is 0 Å². The lowest BCUT2D eigenvalue weighted by Crippen LogP contribution is -2.23. The van der Waals surface area contributed by atoms with Crippen molar-refractivity contribution in [3.05, 3.63) is 68.7 Å². The summed E-state index contributed by atoms with van der Waals surface area (Å²) in [6.07, 6.45) is 0. The topological polar surface area (TPSA) is 12.0 Å². The highest BCUT2D eigenvalue weighted by Crippen LogP contribution is 2.30. The minimum absolute atomic E-state index is 0.214. The van der Waals surface area contributed by atoms with Crippen molar-refractivity contribution in [2.45, 2.75) is 40.7 Å². The van der Waals surface area contributed by atoms with Crippen molar-refractivity contribution in [2.24, 2.45) is 0 Å². The molecule has 1 unspecified atom stereocenters. The summed E-state index contributed by atoms with van der Waals surface area (Å²) in [7, 11) is 0. The fraction of sp³-hybridized carbons (Fsp3) is 0.368. The Hall–Kier alpha value is -1.31.